The largest absolute Gasteiger partial charge is 0.399 e. The summed E-state index contributed by atoms with van der Waals surface area (Å²) in [6, 6.07) is 14.2. The van der Waals surface area contributed by atoms with Crippen LogP contribution in [0.4, 0.5) is 11.4 Å². The molecule has 0 aliphatic carbocycles. The predicted octanol–water partition coefficient (Wildman–Crippen LogP) is 2.75. The molecule has 0 fully saturated rings. The number of hydrogen-bond acceptors (Lipinski definition) is 3. The van der Waals surface area contributed by atoms with Crippen LogP contribution in [0.15, 0.2) is 54.6 Å². The fraction of sp³-hybridized carbons (Fsp3) is 0. The second kappa shape index (κ2) is 5.19. The molecule has 0 saturated heterocycles. The van der Waals surface area contributed by atoms with Crippen molar-refractivity contribution in [3.63, 3.8) is 0 Å². The van der Waals surface area contributed by atoms with Crippen LogP contribution in [-0.4, -0.2) is 5.78 Å². The van der Waals surface area contributed by atoms with Crippen molar-refractivity contribution in [1.82, 2.24) is 0 Å². The van der Waals surface area contributed by atoms with Crippen molar-refractivity contribution < 1.29 is 4.79 Å². The molecule has 3 nitrogen and oxygen atoms in total. The molecule has 90 valence electrons. The molecule has 0 aliphatic heterocycles. The average molecular weight is 238 g/mol. The van der Waals surface area contributed by atoms with Gasteiger partial charge in [-0.3, -0.25) is 4.79 Å². The Labute approximate surface area is 106 Å². The fourth-order valence-corrected chi connectivity index (χ4v) is 1.52. The van der Waals surface area contributed by atoms with Crippen LogP contribution in [0.2, 0.25) is 0 Å². The molecule has 0 spiro atoms. The van der Waals surface area contributed by atoms with E-state index in [0.717, 1.165) is 5.56 Å². The lowest BCUT2D eigenvalue weighted by Crippen LogP contribution is -1.94. The molecule has 0 amide bonds. The minimum atomic E-state index is -0.0492. The number of nitrogen functional groups attached to an aromatic ring is 2. The molecular weight excluding hydrogens is 224 g/mol. The lowest BCUT2D eigenvalue weighted by Gasteiger charge is -1.97. The van der Waals surface area contributed by atoms with Crippen molar-refractivity contribution in [3.05, 3.63) is 65.7 Å². The summed E-state index contributed by atoms with van der Waals surface area (Å²) in [5.74, 6) is -0.0492. The van der Waals surface area contributed by atoms with Crippen LogP contribution >= 0.6 is 0 Å². The number of benzene rings is 2. The molecule has 0 heterocycles. The highest BCUT2D eigenvalue weighted by Crippen LogP contribution is 2.10. The maximum Gasteiger partial charge on any atom is 0.185 e. The number of hydrogen-bond donors (Lipinski definition) is 2. The van der Waals surface area contributed by atoms with Crippen molar-refractivity contribution in [2.24, 2.45) is 0 Å². The molecule has 0 bridgehead atoms. The van der Waals surface area contributed by atoms with Gasteiger partial charge in [0.05, 0.1) is 0 Å². The highest BCUT2D eigenvalue weighted by atomic mass is 16.1. The molecule has 4 N–H and O–H groups in total. The third-order valence-electron chi connectivity index (χ3n) is 2.56. The zero-order valence-corrected chi connectivity index (χ0v) is 9.84. The summed E-state index contributed by atoms with van der Waals surface area (Å²) in [4.78, 5) is 11.8. The van der Waals surface area contributed by atoms with Gasteiger partial charge in [0.15, 0.2) is 5.78 Å². The Morgan fingerprint density at radius 2 is 1.33 bits per heavy atom. The van der Waals surface area contributed by atoms with Crippen LogP contribution in [0.1, 0.15) is 15.9 Å². The summed E-state index contributed by atoms with van der Waals surface area (Å²) < 4.78 is 0. The molecule has 0 radical (unpaired) electrons. The van der Waals surface area contributed by atoms with Gasteiger partial charge in [-0.15, -0.1) is 0 Å². The van der Waals surface area contributed by atoms with Crippen molar-refractivity contribution in [3.8, 4) is 0 Å². The van der Waals surface area contributed by atoms with E-state index in [1.54, 1.807) is 42.5 Å². The van der Waals surface area contributed by atoms with E-state index in [2.05, 4.69) is 0 Å². The summed E-state index contributed by atoms with van der Waals surface area (Å²) in [6.07, 6.45) is 3.30. The molecule has 2 aromatic rings. The summed E-state index contributed by atoms with van der Waals surface area (Å²) in [5, 5.41) is 0. The van der Waals surface area contributed by atoms with Crippen LogP contribution in [0.3, 0.4) is 0 Å². The Hall–Kier alpha value is -2.55. The average Bonchev–Trinajstić information content (AvgIpc) is 2.38. The van der Waals surface area contributed by atoms with Gasteiger partial charge in [0.25, 0.3) is 0 Å². The second-order valence-electron chi connectivity index (χ2n) is 3.99. The van der Waals surface area contributed by atoms with Crippen molar-refractivity contribution >= 4 is 23.2 Å². The van der Waals surface area contributed by atoms with Gasteiger partial charge in [0.1, 0.15) is 0 Å². The number of carbonyl (C=O) groups excluding carboxylic acids is 1. The van der Waals surface area contributed by atoms with Crippen molar-refractivity contribution in [2.45, 2.75) is 0 Å². The van der Waals surface area contributed by atoms with Gasteiger partial charge >= 0.3 is 0 Å². The summed E-state index contributed by atoms with van der Waals surface area (Å²) >= 11 is 0. The summed E-state index contributed by atoms with van der Waals surface area (Å²) in [6.45, 7) is 0. The fourth-order valence-electron chi connectivity index (χ4n) is 1.52. The number of ketones is 1. The van der Waals surface area contributed by atoms with Crippen LogP contribution in [-0.2, 0) is 0 Å². The molecule has 2 rings (SSSR count). The van der Waals surface area contributed by atoms with Gasteiger partial charge in [-0.2, -0.15) is 0 Å². The lowest BCUT2D eigenvalue weighted by molar-refractivity contribution is 0.104. The number of anilines is 2. The first-order chi connectivity index (χ1) is 8.65. The maximum absolute atomic E-state index is 11.8. The number of allylic oxidation sites excluding steroid dienone is 1. The van der Waals surface area contributed by atoms with Crippen LogP contribution in [0.5, 0.6) is 0 Å². The van der Waals surface area contributed by atoms with E-state index in [4.69, 9.17) is 11.5 Å². The van der Waals surface area contributed by atoms with E-state index in [1.807, 2.05) is 12.1 Å². The Bertz CT molecular complexity index is 568. The van der Waals surface area contributed by atoms with Gasteiger partial charge in [0.2, 0.25) is 0 Å². The van der Waals surface area contributed by atoms with E-state index in [0.29, 0.717) is 16.9 Å². The molecular formula is C15H14N2O. The first-order valence-electron chi connectivity index (χ1n) is 5.58. The monoisotopic (exact) mass is 238 g/mol. The molecule has 0 aliphatic rings. The Morgan fingerprint density at radius 1 is 0.833 bits per heavy atom. The smallest absolute Gasteiger partial charge is 0.185 e. The maximum atomic E-state index is 11.8. The third-order valence-corrected chi connectivity index (χ3v) is 2.56. The van der Waals surface area contributed by atoms with Gasteiger partial charge < -0.3 is 11.5 Å². The first kappa shape index (κ1) is 11.9. The Balaban J connectivity index is 2.11. The van der Waals surface area contributed by atoms with Crippen LogP contribution in [0, 0.1) is 0 Å². The van der Waals surface area contributed by atoms with E-state index in [9.17, 15) is 4.79 Å². The molecule has 0 atom stereocenters. The minimum Gasteiger partial charge on any atom is -0.399 e. The summed E-state index contributed by atoms with van der Waals surface area (Å²) in [7, 11) is 0. The SMILES string of the molecule is Nc1ccc(/C=C/C(=O)c2ccc(N)cc2)cc1. The molecule has 3 heteroatoms. The lowest BCUT2D eigenvalue weighted by atomic mass is 10.1. The van der Waals surface area contributed by atoms with E-state index < -0.39 is 0 Å². The van der Waals surface area contributed by atoms with Gasteiger partial charge in [-0.25, -0.2) is 0 Å². The second-order valence-corrected chi connectivity index (χ2v) is 3.99. The predicted molar refractivity (Wildman–Crippen MR) is 75.1 cm³/mol. The number of rotatable bonds is 3. The van der Waals surface area contributed by atoms with Crippen LogP contribution < -0.4 is 11.5 Å². The molecule has 18 heavy (non-hydrogen) atoms. The van der Waals surface area contributed by atoms with E-state index in [-0.39, 0.29) is 5.78 Å². The molecule has 0 saturated carbocycles. The molecule has 2 aromatic carbocycles. The molecule has 0 unspecified atom stereocenters. The van der Waals surface area contributed by atoms with E-state index >= 15 is 0 Å². The Morgan fingerprint density at radius 3 is 1.89 bits per heavy atom. The third kappa shape index (κ3) is 2.98. The normalized spacial score (nSPS) is 10.7. The first-order valence-corrected chi connectivity index (χ1v) is 5.58. The van der Waals surface area contributed by atoms with E-state index in [1.165, 1.54) is 6.08 Å². The van der Waals surface area contributed by atoms with Gasteiger partial charge in [0, 0.05) is 16.9 Å². The minimum absolute atomic E-state index is 0.0492. The zero-order chi connectivity index (χ0) is 13.0. The molecule has 0 aromatic heterocycles. The standard InChI is InChI=1S/C15H14N2O/c16-13-6-1-11(2-7-13)3-10-15(18)12-4-8-14(17)9-5-12/h1-10H,16-17H2/b10-3+. The number of carbonyl (C=O) groups is 1. The highest BCUT2D eigenvalue weighted by Gasteiger charge is 2.00. The van der Waals surface area contributed by atoms with Crippen molar-refractivity contribution in [1.29, 1.82) is 0 Å². The van der Waals surface area contributed by atoms with Gasteiger partial charge in [-0.1, -0.05) is 18.2 Å². The zero-order valence-electron chi connectivity index (χ0n) is 9.84. The quantitative estimate of drug-likeness (QED) is 0.490. The van der Waals surface area contributed by atoms with Crippen LogP contribution in [0.25, 0.3) is 6.08 Å². The topological polar surface area (TPSA) is 69.1 Å². The summed E-state index contributed by atoms with van der Waals surface area (Å²) in [5.41, 5.74) is 14.1. The van der Waals surface area contributed by atoms with Gasteiger partial charge in [-0.05, 0) is 48.0 Å². The van der Waals surface area contributed by atoms with Crippen molar-refractivity contribution in [2.75, 3.05) is 11.5 Å². The number of nitrogens with two attached hydrogens (primary N) is 2. The highest BCUT2D eigenvalue weighted by molar-refractivity contribution is 6.06. The Kier molecular flexibility index (Phi) is 3.44.